The molecule has 1 unspecified atom stereocenters. The van der Waals surface area contributed by atoms with E-state index in [0.29, 0.717) is 19.6 Å². The number of aryl methyl sites for hydroxylation is 1. The topological polar surface area (TPSA) is 67.2 Å². The third-order valence-corrected chi connectivity index (χ3v) is 6.03. The van der Waals surface area contributed by atoms with Gasteiger partial charge in [-0.15, -0.1) is 0 Å². The lowest BCUT2D eigenvalue weighted by Crippen LogP contribution is -2.50. The molecule has 0 radical (unpaired) electrons. The van der Waals surface area contributed by atoms with Crippen LogP contribution in [0.15, 0.2) is 12.4 Å². The van der Waals surface area contributed by atoms with Gasteiger partial charge >= 0.3 is 0 Å². The molecule has 1 aromatic rings. The van der Waals surface area contributed by atoms with E-state index in [1.165, 1.54) is 0 Å². The molecule has 2 fully saturated rings. The van der Waals surface area contributed by atoms with Crippen LogP contribution in [0.1, 0.15) is 24.7 Å². The Balaban J connectivity index is 1.93. The van der Waals surface area contributed by atoms with Crippen LogP contribution in [0.5, 0.6) is 0 Å². The maximum Gasteiger partial charge on any atom is 0.217 e. The number of aromatic nitrogens is 2. The summed E-state index contributed by atoms with van der Waals surface area (Å²) in [5.41, 5.74) is 0. The van der Waals surface area contributed by atoms with Gasteiger partial charge in [0.25, 0.3) is 0 Å². The first kappa shape index (κ1) is 12.1. The van der Waals surface area contributed by atoms with Gasteiger partial charge in [-0.05, 0) is 12.8 Å². The molecular formula is C11H18N4O2S. The fourth-order valence-electron chi connectivity index (χ4n) is 2.47. The van der Waals surface area contributed by atoms with Gasteiger partial charge in [-0.3, -0.25) is 0 Å². The summed E-state index contributed by atoms with van der Waals surface area (Å²) >= 11 is 0. The molecule has 0 aromatic carbocycles. The van der Waals surface area contributed by atoms with Gasteiger partial charge in [0.2, 0.25) is 10.0 Å². The quantitative estimate of drug-likeness (QED) is 0.830. The van der Waals surface area contributed by atoms with Crippen molar-refractivity contribution in [3.8, 4) is 0 Å². The minimum Gasteiger partial charge on any atom is -0.337 e. The molecule has 1 aliphatic carbocycles. The Hall–Kier alpha value is -0.920. The summed E-state index contributed by atoms with van der Waals surface area (Å²) in [6.07, 6.45) is 5.18. The number of piperazine rings is 1. The average Bonchev–Trinajstić information content (AvgIpc) is 3.13. The first-order valence-corrected chi connectivity index (χ1v) is 7.79. The van der Waals surface area contributed by atoms with Crippen molar-refractivity contribution in [2.45, 2.75) is 24.1 Å². The number of hydrogen-bond donors (Lipinski definition) is 1. The summed E-state index contributed by atoms with van der Waals surface area (Å²) in [5, 5.41) is 3.10. The Bertz CT molecular complexity index is 535. The summed E-state index contributed by atoms with van der Waals surface area (Å²) in [7, 11) is -1.24. The van der Waals surface area contributed by atoms with E-state index in [-0.39, 0.29) is 11.3 Å². The zero-order valence-corrected chi connectivity index (χ0v) is 11.2. The zero-order valence-electron chi connectivity index (χ0n) is 10.4. The second-order valence-corrected chi connectivity index (χ2v) is 7.14. The standard InChI is InChI=1S/C11H18N4O2S/c1-14-6-5-13-11(14)10-8-12-4-7-15(10)18(16,17)9-2-3-9/h5-6,9-10,12H,2-4,7-8H2,1H3. The highest BCUT2D eigenvalue weighted by Gasteiger charge is 2.44. The summed E-state index contributed by atoms with van der Waals surface area (Å²) < 4.78 is 28.4. The van der Waals surface area contributed by atoms with Gasteiger partial charge in [0.1, 0.15) is 5.82 Å². The van der Waals surface area contributed by atoms with Crippen molar-refractivity contribution < 1.29 is 8.42 Å². The van der Waals surface area contributed by atoms with Crippen molar-refractivity contribution in [2.75, 3.05) is 19.6 Å². The van der Waals surface area contributed by atoms with Crippen molar-refractivity contribution in [3.05, 3.63) is 18.2 Å². The van der Waals surface area contributed by atoms with Crippen LogP contribution in [-0.2, 0) is 17.1 Å². The molecule has 0 bridgehead atoms. The molecular weight excluding hydrogens is 252 g/mol. The van der Waals surface area contributed by atoms with Gasteiger partial charge in [0, 0.05) is 39.1 Å². The SMILES string of the molecule is Cn1ccnc1C1CNCCN1S(=O)(=O)C1CC1. The molecule has 1 atom stereocenters. The second kappa shape index (κ2) is 4.32. The first-order valence-electron chi connectivity index (χ1n) is 6.29. The molecule has 1 saturated heterocycles. The number of imidazole rings is 1. The van der Waals surface area contributed by atoms with E-state index in [1.807, 2.05) is 17.8 Å². The number of nitrogens with zero attached hydrogens (tertiary/aromatic N) is 3. The van der Waals surface area contributed by atoms with Crippen molar-refractivity contribution >= 4 is 10.0 Å². The largest absolute Gasteiger partial charge is 0.337 e. The highest BCUT2D eigenvalue weighted by atomic mass is 32.2. The van der Waals surface area contributed by atoms with E-state index in [9.17, 15) is 8.42 Å². The van der Waals surface area contributed by atoms with Crippen LogP contribution in [-0.4, -0.2) is 47.2 Å². The molecule has 100 valence electrons. The molecule has 1 N–H and O–H groups in total. The maximum absolute atomic E-state index is 12.4. The van der Waals surface area contributed by atoms with Gasteiger partial charge in [-0.2, -0.15) is 4.31 Å². The molecule has 6 nitrogen and oxygen atoms in total. The van der Waals surface area contributed by atoms with Crippen LogP contribution in [0.4, 0.5) is 0 Å². The lowest BCUT2D eigenvalue weighted by Gasteiger charge is -2.34. The van der Waals surface area contributed by atoms with Gasteiger partial charge in [0.05, 0.1) is 11.3 Å². The highest BCUT2D eigenvalue weighted by molar-refractivity contribution is 7.90. The normalized spacial score (nSPS) is 26.4. The molecule has 1 saturated carbocycles. The molecule has 0 amide bonds. The Morgan fingerprint density at radius 1 is 1.44 bits per heavy atom. The van der Waals surface area contributed by atoms with Crippen molar-refractivity contribution in [3.63, 3.8) is 0 Å². The molecule has 0 spiro atoms. The minimum atomic E-state index is -3.14. The van der Waals surface area contributed by atoms with Crippen LogP contribution in [0.2, 0.25) is 0 Å². The third kappa shape index (κ3) is 1.96. The van der Waals surface area contributed by atoms with E-state index < -0.39 is 10.0 Å². The summed E-state index contributed by atoms with van der Waals surface area (Å²) in [5.74, 6) is 0.812. The Kier molecular flexibility index (Phi) is 2.91. The van der Waals surface area contributed by atoms with E-state index >= 15 is 0 Å². The molecule has 1 aliphatic heterocycles. The summed E-state index contributed by atoms with van der Waals surface area (Å²) in [4.78, 5) is 4.30. The zero-order chi connectivity index (χ0) is 12.8. The second-order valence-electron chi connectivity index (χ2n) is 4.97. The fraction of sp³-hybridized carbons (Fsp3) is 0.727. The lowest BCUT2D eigenvalue weighted by atomic mass is 10.2. The molecule has 7 heteroatoms. The van der Waals surface area contributed by atoms with E-state index in [1.54, 1.807) is 10.5 Å². The minimum absolute atomic E-state index is 0.154. The van der Waals surface area contributed by atoms with Gasteiger partial charge in [-0.1, -0.05) is 0 Å². The third-order valence-electron chi connectivity index (χ3n) is 3.62. The van der Waals surface area contributed by atoms with Crippen molar-refractivity contribution in [1.82, 2.24) is 19.2 Å². The summed E-state index contributed by atoms with van der Waals surface area (Å²) in [6.45, 7) is 1.89. The Morgan fingerprint density at radius 2 is 2.22 bits per heavy atom. The molecule has 18 heavy (non-hydrogen) atoms. The lowest BCUT2D eigenvalue weighted by molar-refractivity contribution is 0.258. The predicted molar refractivity (Wildman–Crippen MR) is 67.5 cm³/mol. The maximum atomic E-state index is 12.4. The predicted octanol–water partition coefficient (Wildman–Crippen LogP) is -0.141. The summed E-state index contributed by atoms with van der Waals surface area (Å²) in [6, 6.07) is -0.177. The number of rotatable bonds is 3. The monoisotopic (exact) mass is 270 g/mol. The van der Waals surface area contributed by atoms with Crippen LogP contribution in [0.25, 0.3) is 0 Å². The smallest absolute Gasteiger partial charge is 0.217 e. The number of sulfonamides is 1. The van der Waals surface area contributed by atoms with Crippen molar-refractivity contribution in [2.24, 2.45) is 7.05 Å². The van der Waals surface area contributed by atoms with Crippen LogP contribution in [0, 0.1) is 0 Å². The Labute approximate surface area is 107 Å². The van der Waals surface area contributed by atoms with E-state index in [2.05, 4.69) is 10.3 Å². The molecule has 1 aromatic heterocycles. The van der Waals surface area contributed by atoms with E-state index in [0.717, 1.165) is 18.7 Å². The first-order chi connectivity index (χ1) is 8.60. The van der Waals surface area contributed by atoms with E-state index in [4.69, 9.17) is 0 Å². The molecule has 2 aliphatic rings. The average molecular weight is 270 g/mol. The van der Waals surface area contributed by atoms with Gasteiger partial charge < -0.3 is 9.88 Å². The fourth-order valence-corrected chi connectivity index (χ4v) is 4.45. The highest BCUT2D eigenvalue weighted by Crippen LogP contribution is 2.35. The van der Waals surface area contributed by atoms with Crippen molar-refractivity contribution in [1.29, 1.82) is 0 Å². The van der Waals surface area contributed by atoms with Crippen LogP contribution in [0.3, 0.4) is 0 Å². The number of nitrogens with one attached hydrogen (secondary N) is 1. The molecule has 3 rings (SSSR count). The van der Waals surface area contributed by atoms with Crippen LogP contribution < -0.4 is 5.32 Å². The Morgan fingerprint density at radius 3 is 2.83 bits per heavy atom. The molecule has 2 heterocycles. The van der Waals surface area contributed by atoms with Gasteiger partial charge in [-0.25, -0.2) is 13.4 Å². The van der Waals surface area contributed by atoms with Crippen LogP contribution >= 0.6 is 0 Å². The van der Waals surface area contributed by atoms with Gasteiger partial charge in [0.15, 0.2) is 0 Å². The number of hydrogen-bond acceptors (Lipinski definition) is 4.